The van der Waals surface area contributed by atoms with Crippen molar-refractivity contribution in [3.63, 3.8) is 0 Å². The number of anilines is 2. The Hall–Kier alpha value is -3.68. The fraction of sp³-hybridized carbons (Fsp3) is 0.407. The highest BCUT2D eigenvalue weighted by Crippen LogP contribution is 2.22. The van der Waals surface area contributed by atoms with Crippen LogP contribution in [0, 0.1) is 0 Å². The van der Waals surface area contributed by atoms with Crippen LogP contribution >= 0.6 is 0 Å². The van der Waals surface area contributed by atoms with E-state index in [2.05, 4.69) is 10.6 Å². The van der Waals surface area contributed by atoms with Gasteiger partial charge in [0.15, 0.2) is 6.61 Å². The van der Waals surface area contributed by atoms with E-state index >= 15 is 0 Å². The van der Waals surface area contributed by atoms with Crippen molar-refractivity contribution < 1.29 is 28.7 Å². The third kappa shape index (κ3) is 9.23. The van der Waals surface area contributed by atoms with Gasteiger partial charge in [0.2, 0.25) is 5.91 Å². The smallest absolute Gasteiger partial charge is 0.338 e. The van der Waals surface area contributed by atoms with Gasteiger partial charge in [-0.3, -0.25) is 14.4 Å². The maximum absolute atomic E-state index is 12.3. The molecule has 0 bridgehead atoms. The van der Waals surface area contributed by atoms with E-state index in [4.69, 9.17) is 9.47 Å². The Labute approximate surface area is 206 Å². The molecule has 0 fully saturated rings. The molecule has 8 nitrogen and oxygen atoms in total. The Morgan fingerprint density at radius 2 is 1.46 bits per heavy atom. The molecule has 0 aromatic heterocycles. The molecule has 8 heteroatoms. The minimum Gasteiger partial charge on any atom is -0.459 e. The largest absolute Gasteiger partial charge is 0.459 e. The Bertz CT molecular complexity index is 1010. The molecule has 0 saturated heterocycles. The highest BCUT2D eigenvalue weighted by molar-refractivity contribution is 5.95. The molecule has 35 heavy (non-hydrogen) atoms. The Balaban J connectivity index is 1.71. The van der Waals surface area contributed by atoms with E-state index in [1.165, 1.54) is 0 Å². The van der Waals surface area contributed by atoms with Crippen LogP contribution in [0.2, 0.25) is 0 Å². The quantitative estimate of drug-likeness (QED) is 0.426. The normalized spacial score (nSPS) is 10.5. The fourth-order valence-corrected chi connectivity index (χ4v) is 3.39. The molecule has 0 heterocycles. The van der Waals surface area contributed by atoms with Crippen molar-refractivity contribution in [2.75, 3.05) is 17.2 Å². The number of esters is 2. The zero-order chi connectivity index (χ0) is 25.8. The third-order valence-corrected chi connectivity index (χ3v) is 5.16. The zero-order valence-corrected chi connectivity index (χ0v) is 20.8. The van der Waals surface area contributed by atoms with E-state index in [0.29, 0.717) is 11.3 Å². The van der Waals surface area contributed by atoms with E-state index < -0.39 is 17.8 Å². The highest BCUT2D eigenvalue weighted by atomic mass is 16.5. The lowest BCUT2D eigenvalue weighted by atomic mass is 10.0. The van der Waals surface area contributed by atoms with Crippen molar-refractivity contribution in [1.82, 2.24) is 0 Å². The lowest BCUT2D eigenvalue weighted by Crippen LogP contribution is -2.22. The van der Waals surface area contributed by atoms with Crippen LogP contribution < -0.4 is 10.6 Å². The molecular weight excluding hydrogens is 448 g/mol. The maximum atomic E-state index is 12.3. The third-order valence-electron chi connectivity index (χ3n) is 5.16. The van der Waals surface area contributed by atoms with Crippen molar-refractivity contribution in [1.29, 1.82) is 0 Å². The molecule has 2 aromatic rings. The first kappa shape index (κ1) is 27.6. The van der Waals surface area contributed by atoms with E-state index in [1.54, 1.807) is 38.1 Å². The van der Waals surface area contributed by atoms with Gasteiger partial charge in [-0.25, -0.2) is 4.79 Å². The van der Waals surface area contributed by atoms with Gasteiger partial charge in [-0.2, -0.15) is 0 Å². The number of carbonyl (C=O) groups excluding carboxylic acids is 4. The number of carbonyl (C=O) groups is 4. The SMILES string of the molecule is CCc1cccc(CC)c1NC(=O)COC(=O)CCCC(=O)Nc1ccc(C(=O)OC(C)C)cc1. The van der Waals surface area contributed by atoms with Crippen molar-refractivity contribution in [2.45, 2.75) is 65.9 Å². The highest BCUT2D eigenvalue weighted by Gasteiger charge is 2.13. The topological polar surface area (TPSA) is 111 Å². The number of para-hydroxylation sites is 1. The monoisotopic (exact) mass is 482 g/mol. The molecule has 0 spiro atoms. The fourth-order valence-electron chi connectivity index (χ4n) is 3.39. The lowest BCUT2D eigenvalue weighted by Gasteiger charge is -2.14. The molecule has 0 aliphatic heterocycles. The second-order valence-electron chi connectivity index (χ2n) is 8.30. The minimum absolute atomic E-state index is 0.0203. The Morgan fingerprint density at radius 3 is 2.03 bits per heavy atom. The van der Waals surface area contributed by atoms with Crippen LogP contribution in [0.5, 0.6) is 0 Å². The number of ether oxygens (including phenoxy) is 2. The first-order valence-electron chi connectivity index (χ1n) is 11.9. The van der Waals surface area contributed by atoms with E-state index in [-0.39, 0.29) is 37.9 Å². The van der Waals surface area contributed by atoms with Crippen LogP contribution in [-0.2, 0) is 36.7 Å². The van der Waals surface area contributed by atoms with Gasteiger partial charge in [-0.15, -0.1) is 0 Å². The van der Waals surface area contributed by atoms with Gasteiger partial charge >= 0.3 is 11.9 Å². The summed E-state index contributed by atoms with van der Waals surface area (Å²) in [5.74, 6) is -1.63. The molecule has 0 radical (unpaired) electrons. The van der Waals surface area contributed by atoms with Crippen LogP contribution in [0.3, 0.4) is 0 Å². The average molecular weight is 483 g/mol. The van der Waals surface area contributed by atoms with Gasteiger partial charge < -0.3 is 20.1 Å². The molecule has 0 unspecified atom stereocenters. The summed E-state index contributed by atoms with van der Waals surface area (Å²) in [6, 6.07) is 12.3. The number of amides is 2. The summed E-state index contributed by atoms with van der Waals surface area (Å²) in [4.78, 5) is 48.3. The summed E-state index contributed by atoms with van der Waals surface area (Å²) in [5, 5.41) is 5.56. The molecule has 2 rings (SSSR count). The summed E-state index contributed by atoms with van der Waals surface area (Å²) in [6.45, 7) is 7.19. The molecule has 188 valence electrons. The number of hydrogen-bond acceptors (Lipinski definition) is 6. The molecule has 0 atom stereocenters. The standard InChI is InChI=1S/C27H34N2O6/c1-5-19-9-7-10-20(6-2)26(19)29-24(31)17-34-25(32)12-8-11-23(30)28-22-15-13-21(14-16-22)27(33)35-18(3)4/h7,9-10,13-16,18H,5-6,8,11-12,17H2,1-4H3,(H,28,30)(H,29,31). The summed E-state index contributed by atoms with van der Waals surface area (Å²) >= 11 is 0. The lowest BCUT2D eigenvalue weighted by molar-refractivity contribution is -0.147. The molecule has 0 aliphatic carbocycles. The summed E-state index contributed by atoms with van der Waals surface area (Å²) < 4.78 is 10.2. The molecular formula is C27H34N2O6. The van der Waals surface area contributed by atoms with Crippen LogP contribution in [0.1, 0.15) is 68.4 Å². The predicted molar refractivity (Wildman–Crippen MR) is 134 cm³/mol. The molecule has 0 aliphatic rings. The number of aryl methyl sites for hydroxylation is 2. The second kappa shape index (κ2) is 13.9. The second-order valence-corrected chi connectivity index (χ2v) is 8.30. The van der Waals surface area contributed by atoms with Crippen molar-refractivity contribution in [3.8, 4) is 0 Å². The van der Waals surface area contributed by atoms with Crippen LogP contribution in [0.4, 0.5) is 11.4 Å². The van der Waals surface area contributed by atoms with Gasteiger partial charge in [0.05, 0.1) is 11.7 Å². The number of hydrogen-bond donors (Lipinski definition) is 2. The summed E-state index contributed by atoms with van der Waals surface area (Å²) in [5.41, 5.74) is 3.77. The van der Waals surface area contributed by atoms with Crippen LogP contribution in [-0.4, -0.2) is 36.5 Å². The van der Waals surface area contributed by atoms with Gasteiger partial charge in [0, 0.05) is 24.2 Å². The first-order valence-corrected chi connectivity index (χ1v) is 11.9. The van der Waals surface area contributed by atoms with Gasteiger partial charge in [-0.1, -0.05) is 32.0 Å². The molecule has 2 aromatic carbocycles. The van der Waals surface area contributed by atoms with Crippen LogP contribution in [0.25, 0.3) is 0 Å². The maximum Gasteiger partial charge on any atom is 0.338 e. The summed E-state index contributed by atoms with van der Waals surface area (Å²) in [7, 11) is 0. The van der Waals surface area contributed by atoms with Crippen LogP contribution in [0.15, 0.2) is 42.5 Å². The van der Waals surface area contributed by atoms with E-state index in [0.717, 1.165) is 29.7 Å². The molecule has 0 saturated carbocycles. The molecule has 2 N–H and O–H groups in total. The van der Waals surface area contributed by atoms with Crippen molar-refractivity contribution in [3.05, 3.63) is 59.2 Å². The number of nitrogens with one attached hydrogen (secondary N) is 2. The van der Waals surface area contributed by atoms with Gasteiger partial charge in [0.1, 0.15) is 0 Å². The minimum atomic E-state index is -0.541. The number of benzene rings is 2. The molecule has 2 amide bonds. The zero-order valence-electron chi connectivity index (χ0n) is 20.8. The Morgan fingerprint density at radius 1 is 0.829 bits per heavy atom. The summed E-state index contributed by atoms with van der Waals surface area (Å²) in [6.07, 6.45) is 1.76. The van der Waals surface area contributed by atoms with Crippen molar-refractivity contribution >= 4 is 35.1 Å². The van der Waals surface area contributed by atoms with E-state index in [1.807, 2.05) is 32.0 Å². The predicted octanol–water partition coefficient (Wildman–Crippen LogP) is 4.67. The average Bonchev–Trinajstić information content (AvgIpc) is 2.82. The van der Waals surface area contributed by atoms with E-state index in [9.17, 15) is 19.2 Å². The van der Waals surface area contributed by atoms with Gasteiger partial charge in [0.25, 0.3) is 5.91 Å². The number of rotatable bonds is 12. The Kier molecular flexibility index (Phi) is 10.9. The first-order chi connectivity index (χ1) is 16.7. The van der Waals surface area contributed by atoms with Gasteiger partial charge in [-0.05, 0) is 68.5 Å². The van der Waals surface area contributed by atoms with Crippen molar-refractivity contribution in [2.24, 2.45) is 0 Å².